The van der Waals surface area contributed by atoms with Crippen molar-refractivity contribution in [1.29, 1.82) is 0 Å². The van der Waals surface area contributed by atoms with Crippen molar-refractivity contribution in [2.45, 2.75) is 334 Å². The quantitative estimate of drug-likeness (QED) is 0.0146. The van der Waals surface area contributed by atoms with E-state index in [0.29, 0.717) is 25.7 Å². The molecule has 0 aliphatic heterocycles. The molecule has 0 amide bonds. The number of aliphatic hydroxyl groups excluding tert-OH is 2. The highest BCUT2D eigenvalue weighted by Gasteiger charge is 2.29. The van der Waals surface area contributed by atoms with Crippen LogP contribution in [0.1, 0.15) is 316 Å². The molecule has 0 radical (unpaired) electrons. The SMILES string of the molecule is CC/C=C\C/C=C\C/C=C\C/C=C\C/C=C\CCCC(=O)OCC(COP(=O)(O)OCC(O)COP(=O)(O)OCC(O)COC(=O)CCCCCCCCCCCCCCCCCCC/C=C\C/C=C\C/C=C\C/C=C\CCCCC)OC(=O)CCCCCCCCCCCCC. The molecule has 0 bridgehead atoms. The third kappa shape index (κ3) is 73.3. The lowest BCUT2D eigenvalue weighted by atomic mass is 10.0. The van der Waals surface area contributed by atoms with Crippen molar-refractivity contribution in [1.82, 2.24) is 0 Å². The molecule has 0 spiro atoms. The fraction of sp³-hybridized carbons (Fsp3) is 0.734. The summed E-state index contributed by atoms with van der Waals surface area (Å²) in [6.07, 6.45) is 83.3. The lowest BCUT2D eigenvalue weighted by Crippen LogP contribution is -2.30. The van der Waals surface area contributed by atoms with Crippen molar-refractivity contribution >= 4 is 33.6 Å². The van der Waals surface area contributed by atoms with E-state index in [1.807, 2.05) is 12.2 Å². The van der Waals surface area contributed by atoms with Gasteiger partial charge in [0.1, 0.15) is 25.4 Å². The van der Waals surface area contributed by atoms with Crippen molar-refractivity contribution in [3.8, 4) is 0 Å². The smallest absolute Gasteiger partial charge is 0.463 e. The molecular formula is C79H138O16P2. The Bertz CT molecular complexity index is 2200. The minimum Gasteiger partial charge on any atom is -0.463 e. The Balaban J connectivity index is 4.36. The number of hydrogen-bond acceptors (Lipinski definition) is 14. The summed E-state index contributed by atoms with van der Waals surface area (Å²) in [5.41, 5.74) is 0. The second-order valence-electron chi connectivity index (χ2n) is 25.4. The van der Waals surface area contributed by atoms with Gasteiger partial charge in [0.2, 0.25) is 0 Å². The van der Waals surface area contributed by atoms with Crippen molar-refractivity contribution in [3.63, 3.8) is 0 Å². The largest absolute Gasteiger partial charge is 0.472 e. The standard InChI is InChI=1S/C79H138O16P2/c1-4-7-10-13-16-19-22-24-26-28-29-30-31-32-33-34-35-36-37-38-39-40-41-42-43-45-47-48-51-53-56-59-62-65-77(82)89-68-74(80)69-91-96(85,86)92-70-75(81)71-93-97(87,88)94-73-76(95-79(84)67-64-61-58-55-50-21-18-15-12-9-6-3)72-90-78(83)66-63-60-57-54-52-49-46-44-27-25-23-20-17-14-11-8-5-2/h8,11,16-17,19-20,24-27,29-30,32-33,46,49,54,57,74-76,80-81H,4-7,9-10,12-15,18,21-23,28,31,34-45,47-48,50-53,55-56,58-73H2,1-3H3,(H,85,86)(H,87,88)/b11-8-,19-16-,20-17-,26-24-,27-25-,30-29-,33-32-,49-46-,57-54-. The lowest BCUT2D eigenvalue weighted by Gasteiger charge is -2.21. The first-order valence-electron chi connectivity index (χ1n) is 38.2. The van der Waals surface area contributed by atoms with Crippen LogP contribution in [0.2, 0.25) is 0 Å². The van der Waals surface area contributed by atoms with Gasteiger partial charge in [0.25, 0.3) is 0 Å². The summed E-state index contributed by atoms with van der Waals surface area (Å²) in [5, 5.41) is 20.6. The number of carbonyl (C=O) groups excluding carboxylic acids is 3. The van der Waals surface area contributed by atoms with Crippen molar-refractivity contribution < 1.29 is 75.8 Å². The molecule has 0 heterocycles. The Labute approximate surface area is 590 Å². The second kappa shape index (κ2) is 72.0. The number of allylic oxidation sites excluding steroid dienone is 18. The van der Waals surface area contributed by atoms with Gasteiger partial charge in [-0.05, 0) is 103 Å². The van der Waals surface area contributed by atoms with Crippen molar-refractivity contribution in [2.24, 2.45) is 0 Å². The Hall–Kier alpha value is -3.79. The molecule has 5 unspecified atom stereocenters. The van der Waals surface area contributed by atoms with Gasteiger partial charge in [0.15, 0.2) is 6.10 Å². The number of esters is 3. The molecule has 18 heteroatoms. The van der Waals surface area contributed by atoms with Crippen LogP contribution in [0.5, 0.6) is 0 Å². The van der Waals surface area contributed by atoms with Crippen LogP contribution >= 0.6 is 15.6 Å². The molecular weight excluding hydrogens is 1270 g/mol. The lowest BCUT2D eigenvalue weighted by molar-refractivity contribution is -0.161. The van der Waals surface area contributed by atoms with E-state index in [2.05, 4.69) is 118 Å². The highest BCUT2D eigenvalue weighted by molar-refractivity contribution is 7.47. The minimum absolute atomic E-state index is 0.0930. The van der Waals surface area contributed by atoms with Crippen LogP contribution in [0.4, 0.5) is 0 Å². The van der Waals surface area contributed by atoms with Crippen LogP contribution in [0, 0.1) is 0 Å². The number of carbonyl (C=O) groups is 3. The summed E-state index contributed by atoms with van der Waals surface area (Å²) >= 11 is 0. The average Bonchev–Trinajstić information content (AvgIpc) is 2.60. The molecule has 0 aromatic heterocycles. The van der Waals surface area contributed by atoms with E-state index >= 15 is 0 Å². The Morgan fingerprint density at radius 2 is 0.557 bits per heavy atom. The molecule has 0 aliphatic rings. The van der Waals surface area contributed by atoms with Crippen LogP contribution in [-0.2, 0) is 55.8 Å². The summed E-state index contributed by atoms with van der Waals surface area (Å²) in [6, 6.07) is 0. The van der Waals surface area contributed by atoms with E-state index in [4.69, 9.17) is 32.3 Å². The zero-order valence-corrected chi connectivity index (χ0v) is 62.8. The van der Waals surface area contributed by atoms with Crippen LogP contribution < -0.4 is 0 Å². The predicted molar refractivity (Wildman–Crippen MR) is 399 cm³/mol. The van der Waals surface area contributed by atoms with Gasteiger partial charge in [-0.2, -0.15) is 0 Å². The second-order valence-corrected chi connectivity index (χ2v) is 28.3. The van der Waals surface area contributed by atoms with Gasteiger partial charge in [-0.1, -0.05) is 304 Å². The maximum Gasteiger partial charge on any atom is 0.472 e. The van der Waals surface area contributed by atoms with Gasteiger partial charge < -0.3 is 34.2 Å². The first-order chi connectivity index (χ1) is 47.2. The summed E-state index contributed by atoms with van der Waals surface area (Å²) < 4.78 is 60.9. The van der Waals surface area contributed by atoms with Crippen LogP contribution in [0.15, 0.2) is 109 Å². The summed E-state index contributed by atoms with van der Waals surface area (Å²) in [4.78, 5) is 58.4. The fourth-order valence-corrected chi connectivity index (χ4v) is 11.8. The molecule has 5 atom stereocenters. The highest BCUT2D eigenvalue weighted by Crippen LogP contribution is 2.45. The van der Waals surface area contributed by atoms with Crippen molar-refractivity contribution in [2.75, 3.05) is 39.6 Å². The van der Waals surface area contributed by atoms with Gasteiger partial charge >= 0.3 is 33.6 Å². The van der Waals surface area contributed by atoms with Crippen molar-refractivity contribution in [3.05, 3.63) is 109 Å². The number of hydrogen-bond donors (Lipinski definition) is 4. The Kier molecular flexibility index (Phi) is 69.2. The third-order valence-electron chi connectivity index (χ3n) is 16.0. The van der Waals surface area contributed by atoms with Gasteiger partial charge in [-0.25, -0.2) is 9.13 Å². The molecule has 0 saturated heterocycles. The van der Waals surface area contributed by atoms with Gasteiger partial charge in [-0.3, -0.25) is 32.5 Å². The van der Waals surface area contributed by atoms with E-state index in [9.17, 15) is 43.5 Å². The van der Waals surface area contributed by atoms with E-state index < -0.39 is 91.5 Å². The van der Waals surface area contributed by atoms with Gasteiger partial charge in [-0.15, -0.1) is 0 Å². The maximum absolute atomic E-state index is 12.9. The molecule has 16 nitrogen and oxygen atoms in total. The topological polar surface area (TPSA) is 231 Å². The van der Waals surface area contributed by atoms with Crippen LogP contribution in [0.3, 0.4) is 0 Å². The molecule has 0 fully saturated rings. The van der Waals surface area contributed by atoms with E-state index in [1.165, 1.54) is 154 Å². The number of ether oxygens (including phenoxy) is 3. The predicted octanol–water partition coefficient (Wildman–Crippen LogP) is 22.0. The van der Waals surface area contributed by atoms with E-state index in [0.717, 1.165) is 96.3 Å². The zero-order valence-electron chi connectivity index (χ0n) is 61.0. The number of aliphatic hydroxyl groups is 2. The zero-order chi connectivity index (χ0) is 70.9. The maximum atomic E-state index is 12.9. The van der Waals surface area contributed by atoms with Gasteiger partial charge in [0.05, 0.1) is 26.4 Å². The minimum atomic E-state index is -4.93. The Morgan fingerprint density at radius 3 is 0.928 bits per heavy atom. The number of rotatable bonds is 72. The number of unbranched alkanes of at least 4 members (excludes halogenated alkanes) is 31. The first kappa shape index (κ1) is 93.2. The van der Waals surface area contributed by atoms with Crippen LogP contribution in [0.25, 0.3) is 0 Å². The van der Waals surface area contributed by atoms with E-state index in [-0.39, 0.29) is 19.3 Å². The summed E-state index contributed by atoms with van der Waals surface area (Å²) in [7, 11) is -9.79. The number of phosphoric ester groups is 2. The Morgan fingerprint density at radius 1 is 0.299 bits per heavy atom. The third-order valence-corrected chi connectivity index (χ3v) is 17.9. The van der Waals surface area contributed by atoms with Gasteiger partial charge in [0, 0.05) is 19.3 Å². The first-order valence-corrected chi connectivity index (χ1v) is 41.2. The molecule has 0 rings (SSSR count). The summed E-state index contributed by atoms with van der Waals surface area (Å²) in [6.45, 7) is 2.47. The molecule has 97 heavy (non-hydrogen) atoms. The fourth-order valence-electron chi connectivity index (χ4n) is 10.2. The summed E-state index contributed by atoms with van der Waals surface area (Å²) in [5.74, 6) is -1.64. The molecule has 0 saturated carbocycles. The molecule has 0 aromatic carbocycles. The molecule has 0 aromatic rings. The molecule has 4 N–H and O–H groups in total. The average molecular weight is 1410 g/mol. The highest BCUT2D eigenvalue weighted by atomic mass is 31.2. The number of phosphoric acid groups is 2. The monoisotopic (exact) mass is 1400 g/mol. The normalized spacial score (nSPS) is 14.7. The van der Waals surface area contributed by atoms with E-state index in [1.54, 1.807) is 0 Å². The van der Waals surface area contributed by atoms with Crippen LogP contribution in [-0.4, -0.2) is 95.9 Å². The molecule has 560 valence electrons. The molecule has 0 aliphatic carbocycles.